The molecular weight excluding hydrogens is 426 g/mol. The Morgan fingerprint density at radius 3 is 2.77 bits per heavy atom. The lowest BCUT2D eigenvalue weighted by molar-refractivity contribution is -0.124. The molecule has 1 N–H and O–H groups in total. The number of aromatic nitrogens is 1. The first-order valence-corrected chi connectivity index (χ1v) is 11.2. The molecule has 1 fully saturated rings. The van der Waals surface area contributed by atoms with Crippen LogP contribution in [0.1, 0.15) is 28.9 Å². The van der Waals surface area contributed by atoms with Crippen LogP contribution in [0.4, 0.5) is 0 Å². The summed E-state index contributed by atoms with van der Waals surface area (Å²) in [4.78, 5) is 24.6. The number of sulfonamides is 1. The van der Waals surface area contributed by atoms with Crippen LogP contribution in [0, 0.1) is 0 Å². The maximum atomic E-state index is 13.2. The first kappa shape index (κ1) is 21.2. The summed E-state index contributed by atoms with van der Waals surface area (Å²) in [5, 5.41) is 2.81. The second-order valence-electron chi connectivity index (χ2n) is 7.34. The number of aryl methyl sites for hydroxylation is 1. The zero-order chi connectivity index (χ0) is 22.2. The number of fused-ring (bicyclic) bond motifs is 1. The van der Waals surface area contributed by atoms with Gasteiger partial charge in [-0.2, -0.15) is 4.31 Å². The number of hydrogen-bond acceptors (Lipinski definition) is 7. The molecule has 11 heteroatoms. The molecule has 0 aliphatic carbocycles. The highest BCUT2D eigenvalue weighted by molar-refractivity contribution is 7.89. The molecule has 31 heavy (non-hydrogen) atoms. The molecular formula is C20H23N3O7S. The van der Waals surface area contributed by atoms with Crippen LogP contribution in [0.3, 0.4) is 0 Å². The second kappa shape index (κ2) is 8.23. The van der Waals surface area contributed by atoms with Gasteiger partial charge in [0, 0.05) is 26.3 Å². The Morgan fingerprint density at radius 2 is 2.00 bits per heavy atom. The third kappa shape index (κ3) is 3.98. The van der Waals surface area contributed by atoms with Crippen molar-refractivity contribution in [3.05, 3.63) is 41.7 Å². The van der Waals surface area contributed by atoms with Crippen molar-refractivity contribution in [1.82, 2.24) is 14.2 Å². The Hall–Kier alpha value is -3.05. The van der Waals surface area contributed by atoms with Gasteiger partial charge in [-0.25, -0.2) is 13.2 Å². The lowest BCUT2D eigenvalue weighted by Crippen LogP contribution is -2.45. The summed E-state index contributed by atoms with van der Waals surface area (Å²) in [6.07, 6.45) is 2.34. The molecule has 2 aliphatic rings. The van der Waals surface area contributed by atoms with Crippen molar-refractivity contribution in [2.24, 2.45) is 7.05 Å². The van der Waals surface area contributed by atoms with Crippen LogP contribution in [0.25, 0.3) is 0 Å². The number of esters is 1. The van der Waals surface area contributed by atoms with Gasteiger partial charge in [0.15, 0.2) is 11.5 Å². The Bertz CT molecular complexity index is 1130. The van der Waals surface area contributed by atoms with Gasteiger partial charge in [-0.1, -0.05) is 6.07 Å². The summed E-state index contributed by atoms with van der Waals surface area (Å²) >= 11 is 0. The van der Waals surface area contributed by atoms with E-state index < -0.39 is 22.0 Å². The second-order valence-corrected chi connectivity index (χ2v) is 9.23. The van der Waals surface area contributed by atoms with Gasteiger partial charge in [-0.3, -0.25) is 4.79 Å². The quantitative estimate of drug-likeness (QED) is 0.654. The van der Waals surface area contributed by atoms with Crippen LogP contribution in [0.5, 0.6) is 11.5 Å². The molecule has 3 heterocycles. The van der Waals surface area contributed by atoms with E-state index in [1.54, 1.807) is 19.2 Å². The molecule has 1 aromatic heterocycles. The zero-order valence-electron chi connectivity index (χ0n) is 17.2. The molecule has 0 radical (unpaired) electrons. The number of rotatable bonds is 6. The number of benzene rings is 1. The minimum atomic E-state index is -3.96. The number of amides is 1. The van der Waals surface area contributed by atoms with E-state index in [1.807, 2.05) is 6.07 Å². The van der Waals surface area contributed by atoms with Crippen LogP contribution in [-0.4, -0.2) is 55.7 Å². The lowest BCUT2D eigenvalue weighted by atomic mass is 10.2. The largest absolute Gasteiger partial charge is 0.464 e. The fourth-order valence-electron chi connectivity index (χ4n) is 3.77. The summed E-state index contributed by atoms with van der Waals surface area (Å²) in [7, 11) is -1.17. The normalized spacial score (nSPS) is 18.2. The summed E-state index contributed by atoms with van der Waals surface area (Å²) in [5.41, 5.74) is 0.930. The third-order valence-electron chi connectivity index (χ3n) is 5.39. The summed E-state index contributed by atoms with van der Waals surface area (Å²) in [6.45, 7) is 0.627. The maximum Gasteiger partial charge on any atom is 0.354 e. The molecule has 1 amide bonds. The fraction of sp³-hybridized carbons (Fsp3) is 0.400. The van der Waals surface area contributed by atoms with E-state index in [-0.39, 0.29) is 36.4 Å². The number of nitrogens with zero attached hydrogens (tertiary/aromatic N) is 2. The molecule has 2 aromatic rings. The number of hydrogen-bond donors (Lipinski definition) is 1. The minimum absolute atomic E-state index is 0.0501. The maximum absolute atomic E-state index is 13.2. The van der Waals surface area contributed by atoms with E-state index in [0.29, 0.717) is 24.3 Å². The van der Waals surface area contributed by atoms with Gasteiger partial charge in [0.2, 0.25) is 22.7 Å². The van der Waals surface area contributed by atoms with Gasteiger partial charge in [0.05, 0.1) is 7.11 Å². The number of methoxy groups -OCH3 is 1. The molecule has 1 saturated heterocycles. The Balaban J connectivity index is 1.48. The number of ether oxygens (including phenoxy) is 3. The van der Waals surface area contributed by atoms with Crippen molar-refractivity contribution in [2.45, 2.75) is 30.3 Å². The Morgan fingerprint density at radius 1 is 1.23 bits per heavy atom. The average Bonchev–Trinajstić information content (AvgIpc) is 3.50. The van der Waals surface area contributed by atoms with E-state index in [9.17, 15) is 18.0 Å². The third-order valence-corrected chi connectivity index (χ3v) is 7.26. The van der Waals surface area contributed by atoms with Gasteiger partial charge in [-0.05, 0) is 36.6 Å². The van der Waals surface area contributed by atoms with E-state index in [4.69, 9.17) is 9.47 Å². The van der Waals surface area contributed by atoms with Crippen molar-refractivity contribution in [2.75, 3.05) is 20.4 Å². The van der Waals surface area contributed by atoms with Crippen LogP contribution >= 0.6 is 0 Å². The molecule has 10 nitrogen and oxygen atoms in total. The van der Waals surface area contributed by atoms with Gasteiger partial charge < -0.3 is 24.1 Å². The van der Waals surface area contributed by atoms with Crippen molar-refractivity contribution in [3.63, 3.8) is 0 Å². The molecule has 0 spiro atoms. The molecule has 4 rings (SSSR count). The molecule has 0 saturated carbocycles. The van der Waals surface area contributed by atoms with Gasteiger partial charge in [0.1, 0.15) is 16.6 Å². The Labute approximate surface area is 179 Å². The average molecular weight is 449 g/mol. The molecule has 1 unspecified atom stereocenters. The summed E-state index contributed by atoms with van der Waals surface area (Å²) in [6, 6.07) is 5.81. The van der Waals surface area contributed by atoms with Crippen molar-refractivity contribution in [3.8, 4) is 11.5 Å². The molecule has 1 atom stereocenters. The summed E-state index contributed by atoms with van der Waals surface area (Å²) < 4.78 is 44.2. The molecule has 0 bridgehead atoms. The van der Waals surface area contributed by atoms with Crippen molar-refractivity contribution >= 4 is 21.9 Å². The van der Waals surface area contributed by atoms with Crippen molar-refractivity contribution < 1.29 is 32.2 Å². The highest BCUT2D eigenvalue weighted by Gasteiger charge is 2.40. The van der Waals surface area contributed by atoms with Gasteiger partial charge >= 0.3 is 5.97 Å². The minimum Gasteiger partial charge on any atom is -0.464 e. The fourth-order valence-corrected chi connectivity index (χ4v) is 5.49. The van der Waals surface area contributed by atoms with E-state index in [2.05, 4.69) is 10.1 Å². The zero-order valence-corrected chi connectivity index (χ0v) is 18.0. The van der Waals surface area contributed by atoms with Crippen LogP contribution in [0.15, 0.2) is 35.4 Å². The summed E-state index contributed by atoms with van der Waals surface area (Å²) in [5.74, 6) is 0.255. The molecule has 166 valence electrons. The van der Waals surface area contributed by atoms with Crippen LogP contribution in [0.2, 0.25) is 0 Å². The Kier molecular flexibility index (Phi) is 5.63. The highest BCUT2D eigenvalue weighted by atomic mass is 32.2. The van der Waals surface area contributed by atoms with Gasteiger partial charge in [0.25, 0.3) is 0 Å². The van der Waals surface area contributed by atoms with E-state index in [1.165, 1.54) is 28.2 Å². The monoisotopic (exact) mass is 449 g/mol. The van der Waals surface area contributed by atoms with E-state index >= 15 is 0 Å². The molecule has 1 aromatic carbocycles. The van der Waals surface area contributed by atoms with Crippen LogP contribution < -0.4 is 14.8 Å². The number of carbonyl (C=O) groups is 2. The predicted octanol–water partition coefficient (Wildman–Crippen LogP) is 1.01. The SMILES string of the molecule is COC(=O)c1cc(S(=O)(=O)N2CCCC2C(=O)NCc2ccc3c(c2)OCO3)cn1C. The first-order valence-electron chi connectivity index (χ1n) is 9.74. The smallest absolute Gasteiger partial charge is 0.354 e. The number of nitrogens with one attached hydrogen (secondary N) is 1. The van der Waals surface area contributed by atoms with Crippen molar-refractivity contribution in [1.29, 1.82) is 0 Å². The topological polar surface area (TPSA) is 116 Å². The lowest BCUT2D eigenvalue weighted by Gasteiger charge is -2.23. The highest BCUT2D eigenvalue weighted by Crippen LogP contribution is 2.32. The number of carbonyl (C=O) groups excluding carboxylic acids is 2. The predicted molar refractivity (Wildman–Crippen MR) is 108 cm³/mol. The molecule has 2 aliphatic heterocycles. The van der Waals surface area contributed by atoms with Crippen LogP contribution in [-0.2, 0) is 33.1 Å². The standard InChI is InChI=1S/C20H23N3O7S/c1-22-11-14(9-16(22)20(25)28-2)31(26,27)23-7-3-4-15(23)19(24)21-10-13-5-6-17-18(8-13)30-12-29-17/h5-6,8-9,11,15H,3-4,7,10,12H2,1-2H3,(H,21,24). The van der Waals surface area contributed by atoms with Gasteiger partial charge in [-0.15, -0.1) is 0 Å². The van der Waals surface area contributed by atoms with E-state index in [0.717, 1.165) is 5.56 Å². The first-order chi connectivity index (χ1) is 14.8.